The van der Waals surface area contributed by atoms with E-state index in [2.05, 4.69) is 61.9 Å². The summed E-state index contributed by atoms with van der Waals surface area (Å²) < 4.78 is 0. The number of fused-ring (bicyclic) bond motifs is 1. The van der Waals surface area contributed by atoms with Crippen molar-refractivity contribution >= 4 is 22.4 Å². The van der Waals surface area contributed by atoms with Crippen molar-refractivity contribution in [3.8, 4) is 0 Å². The van der Waals surface area contributed by atoms with E-state index in [1.807, 2.05) is 20.0 Å². The molecule has 3 rings (SSSR count). The lowest BCUT2D eigenvalue weighted by molar-refractivity contribution is -0.113. The Morgan fingerprint density at radius 1 is 1.20 bits per heavy atom. The highest BCUT2D eigenvalue weighted by Crippen LogP contribution is 2.15. The molecule has 25 heavy (non-hydrogen) atoms. The van der Waals surface area contributed by atoms with Gasteiger partial charge in [-0.3, -0.25) is 9.79 Å². The van der Waals surface area contributed by atoms with Gasteiger partial charge in [0.05, 0.1) is 6.54 Å². The van der Waals surface area contributed by atoms with E-state index in [4.69, 9.17) is 0 Å². The van der Waals surface area contributed by atoms with Crippen LogP contribution in [0.5, 0.6) is 0 Å². The van der Waals surface area contributed by atoms with Gasteiger partial charge in [-0.1, -0.05) is 38.8 Å². The molecule has 0 spiro atoms. The first kappa shape index (κ1) is 20.9. The van der Waals surface area contributed by atoms with Gasteiger partial charge in [0, 0.05) is 23.0 Å². The zero-order chi connectivity index (χ0) is 19.0. The number of nitrogens with one attached hydrogen (secondary N) is 1. The molecule has 0 fully saturated rings. The second kappa shape index (κ2) is 9.97. The van der Waals surface area contributed by atoms with Gasteiger partial charge in [-0.05, 0) is 62.8 Å². The van der Waals surface area contributed by atoms with Crippen molar-refractivity contribution in [1.29, 1.82) is 0 Å². The molecule has 0 saturated heterocycles. The van der Waals surface area contributed by atoms with Crippen LogP contribution in [0.2, 0.25) is 0 Å². The van der Waals surface area contributed by atoms with E-state index >= 15 is 0 Å². The van der Waals surface area contributed by atoms with Crippen LogP contribution in [0.15, 0.2) is 46.6 Å². The molecule has 0 aliphatic carbocycles. The van der Waals surface area contributed by atoms with Crippen LogP contribution in [-0.2, 0) is 4.79 Å². The molecule has 1 aliphatic heterocycles. The molecule has 3 nitrogen and oxygen atoms in total. The SMILES string of the molecule is CC(=O)C1=C(C)CN=C1C.CCC(C)C.Cc1ccc2[nH]ccc2c1. The van der Waals surface area contributed by atoms with Crippen LogP contribution in [-0.4, -0.2) is 23.0 Å². The first-order valence-corrected chi connectivity index (χ1v) is 9.02. The largest absolute Gasteiger partial charge is 0.361 e. The maximum atomic E-state index is 10.9. The highest BCUT2D eigenvalue weighted by atomic mass is 16.1. The molecule has 0 unspecified atom stereocenters. The number of ketones is 1. The quantitative estimate of drug-likeness (QED) is 0.727. The molecule has 3 heteroatoms. The minimum atomic E-state index is 0.135. The van der Waals surface area contributed by atoms with Gasteiger partial charge < -0.3 is 4.98 Å². The number of hydrogen-bond donors (Lipinski definition) is 1. The first-order valence-electron chi connectivity index (χ1n) is 9.02. The monoisotopic (exact) mass is 340 g/mol. The zero-order valence-electron chi connectivity index (χ0n) is 16.7. The van der Waals surface area contributed by atoms with Crippen LogP contribution in [0.4, 0.5) is 0 Å². The van der Waals surface area contributed by atoms with Gasteiger partial charge in [-0.25, -0.2) is 0 Å². The highest BCUT2D eigenvalue weighted by Gasteiger charge is 2.15. The van der Waals surface area contributed by atoms with Gasteiger partial charge in [0.1, 0.15) is 0 Å². The summed E-state index contributed by atoms with van der Waals surface area (Å²) in [7, 11) is 0. The lowest BCUT2D eigenvalue weighted by Gasteiger charge is -1.96. The van der Waals surface area contributed by atoms with Gasteiger partial charge in [-0.2, -0.15) is 0 Å². The van der Waals surface area contributed by atoms with Crippen molar-refractivity contribution < 1.29 is 4.79 Å². The van der Waals surface area contributed by atoms with Crippen LogP contribution in [0.1, 0.15) is 53.5 Å². The maximum Gasteiger partial charge on any atom is 0.161 e. The lowest BCUT2D eigenvalue weighted by atomic mass is 10.1. The Morgan fingerprint density at radius 3 is 2.28 bits per heavy atom. The van der Waals surface area contributed by atoms with Crippen molar-refractivity contribution in [1.82, 2.24) is 4.98 Å². The third-order valence-corrected chi connectivity index (χ3v) is 4.22. The summed E-state index contributed by atoms with van der Waals surface area (Å²) in [6.45, 7) is 14.9. The Kier molecular flexibility index (Phi) is 8.33. The molecule has 0 atom stereocenters. The van der Waals surface area contributed by atoms with Gasteiger partial charge in [-0.15, -0.1) is 0 Å². The fourth-order valence-electron chi connectivity index (χ4n) is 2.43. The molecule has 2 heterocycles. The highest BCUT2D eigenvalue weighted by molar-refractivity contribution is 6.22. The van der Waals surface area contributed by atoms with E-state index in [0.717, 1.165) is 22.8 Å². The normalized spacial score (nSPS) is 13.2. The van der Waals surface area contributed by atoms with Crippen LogP contribution in [0.25, 0.3) is 10.9 Å². The van der Waals surface area contributed by atoms with E-state index in [-0.39, 0.29) is 5.78 Å². The molecule has 0 bridgehead atoms. The van der Waals surface area contributed by atoms with Crippen LogP contribution >= 0.6 is 0 Å². The standard InChI is InChI=1S/C9H9N.C8H11NO.C5H12/c1-7-2-3-9-8(6-7)4-5-10-9;1-5-4-9-6(2)8(5)7(3)10;1-4-5(2)3/h2-6,10H,1H3;4H2,1-3H3;5H,4H2,1-3H3. The predicted octanol–water partition coefficient (Wildman–Crippen LogP) is 5.90. The second-order valence-electron chi connectivity index (χ2n) is 6.98. The summed E-state index contributed by atoms with van der Waals surface area (Å²) in [4.78, 5) is 18.2. The number of Topliss-reactive ketones (excluding diaryl/α,β-unsaturated/α-hetero) is 1. The number of aromatic nitrogens is 1. The van der Waals surface area contributed by atoms with Gasteiger partial charge in [0.2, 0.25) is 0 Å². The predicted molar refractivity (Wildman–Crippen MR) is 110 cm³/mol. The molecular weight excluding hydrogens is 308 g/mol. The number of H-pyrrole nitrogens is 1. The smallest absolute Gasteiger partial charge is 0.161 e. The van der Waals surface area contributed by atoms with E-state index < -0.39 is 0 Å². The number of carbonyl (C=O) groups is 1. The summed E-state index contributed by atoms with van der Waals surface area (Å²) in [5, 5.41) is 1.29. The number of hydrogen-bond acceptors (Lipinski definition) is 2. The zero-order valence-corrected chi connectivity index (χ0v) is 16.7. The third kappa shape index (κ3) is 6.69. The van der Waals surface area contributed by atoms with Gasteiger partial charge >= 0.3 is 0 Å². The second-order valence-corrected chi connectivity index (χ2v) is 6.98. The third-order valence-electron chi connectivity index (χ3n) is 4.22. The maximum absolute atomic E-state index is 10.9. The Hall–Kier alpha value is -2.16. The van der Waals surface area contributed by atoms with Crippen molar-refractivity contribution in [3.63, 3.8) is 0 Å². The fraction of sp³-hybridized carbons (Fsp3) is 0.455. The van der Waals surface area contributed by atoms with Crippen LogP contribution in [0, 0.1) is 12.8 Å². The van der Waals surface area contributed by atoms with Crippen molar-refractivity contribution in [2.45, 2.75) is 54.9 Å². The summed E-state index contributed by atoms with van der Waals surface area (Å²) >= 11 is 0. The molecule has 1 aromatic heterocycles. The average Bonchev–Trinajstić information content (AvgIpc) is 3.14. The number of carbonyl (C=O) groups excluding carboxylic acids is 1. The molecule has 1 aliphatic rings. The first-order chi connectivity index (χ1) is 11.8. The summed E-state index contributed by atoms with van der Waals surface area (Å²) in [6.07, 6.45) is 3.27. The molecule has 1 N–H and O–H groups in total. The minimum Gasteiger partial charge on any atom is -0.361 e. The molecule has 0 radical (unpaired) electrons. The minimum absolute atomic E-state index is 0.135. The van der Waals surface area contributed by atoms with E-state index in [1.54, 1.807) is 6.92 Å². The topological polar surface area (TPSA) is 45.2 Å². The van der Waals surface area contributed by atoms with Crippen LogP contribution < -0.4 is 0 Å². The molecule has 0 amide bonds. The Bertz CT molecular complexity index is 763. The fourth-order valence-corrected chi connectivity index (χ4v) is 2.43. The van der Waals surface area contributed by atoms with Gasteiger partial charge in [0.15, 0.2) is 5.78 Å². The molecule has 2 aromatic rings. The Balaban J connectivity index is 0.000000200. The summed E-state index contributed by atoms with van der Waals surface area (Å²) in [5.74, 6) is 1.02. The van der Waals surface area contributed by atoms with E-state index in [1.165, 1.54) is 22.9 Å². The average molecular weight is 341 g/mol. The Labute approximate surface area is 152 Å². The van der Waals surface area contributed by atoms with E-state index in [9.17, 15) is 4.79 Å². The number of benzene rings is 1. The molecule has 0 saturated carbocycles. The lowest BCUT2D eigenvalue weighted by Crippen LogP contribution is -2.04. The number of rotatable bonds is 2. The summed E-state index contributed by atoms with van der Waals surface area (Å²) in [6, 6.07) is 8.47. The number of allylic oxidation sites excluding steroid dienone is 1. The molecule has 1 aromatic carbocycles. The van der Waals surface area contributed by atoms with Crippen molar-refractivity contribution in [2.75, 3.05) is 6.54 Å². The number of aliphatic imine (C=N–C) groups is 1. The van der Waals surface area contributed by atoms with Crippen molar-refractivity contribution in [2.24, 2.45) is 10.9 Å². The van der Waals surface area contributed by atoms with Crippen LogP contribution in [0.3, 0.4) is 0 Å². The van der Waals surface area contributed by atoms with Crippen molar-refractivity contribution in [3.05, 3.63) is 47.2 Å². The number of aromatic amines is 1. The van der Waals surface area contributed by atoms with E-state index in [0.29, 0.717) is 6.54 Å². The molecular formula is C22H32N2O. The Morgan fingerprint density at radius 2 is 1.84 bits per heavy atom. The number of aryl methyl sites for hydroxylation is 1. The van der Waals surface area contributed by atoms with Gasteiger partial charge in [0.25, 0.3) is 0 Å². The number of nitrogens with zero attached hydrogens (tertiary/aromatic N) is 1. The molecule has 136 valence electrons. The summed E-state index contributed by atoms with van der Waals surface area (Å²) in [5.41, 5.74) is 5.35.